The Morgan fingerprint density at radius 2 is 0.974 bits per heavy atom. The first-order valence-corrected chi connectivity index (χ1v) is 24.3. The van der Waals surface area contributed by atoms with E-state index in [-0.39, 0.29) is 0 Å². The molecule has 0 saturated heterocycles. The Bertz CT molecular complexity index is 1060. The van der Waals surface area contributed by atoms with Gasteiger partial charge in [0.05, 0.1) is 0 Å². The maximum absolute atomic E-state index is 11.7. The molecule has 1 aliphatic rings. The zero-order valence-electron chi connectivity index (χ0n) is 24.5. The molecule has 0 aromatic heterocycles. The van der Waals surface area contributed by atoms with Gasteiger partial charge in [-0.15, -0.1) is 0 Å². The second-order valence-electron chi connectivity index (χ2n) is 10.5. The summed E-state index contributed by atoms with van der Waals surface area (Å²) in [6.45, 7) is 8.97. The van der Waals surface area contributed by atoms with Gasteiger partial charge in [0, 0.05) is 22.3 Å². The monoisotopic (exact) mass is 844 g/mol. The second-order valence-corrected chi connectivity index (χ2v) is 22.5. The van der Waals surface area contributed by atoms with Gasteiger partial charge in [-0.3, -0.25) is 0 Å². The average molecular weight is 845 g/mol. The van der Waals surface area contributed by atoms with Gasteiger partial charge >= 0.3 is 49.8 Å². The van der Waals surface area contributed by atoms with E-state index in [1.807, 2.05) is 0 Å². The predicted octanol–water partition coefficient (Wildman–Crippen LogP) is 12.5. The van der Waals surface area contributed by atoms with E-state index in [0.717, 1.165) is 71.8 Å². The van der Waals surface area contributed by atoms with E-state index < -0.39 is 0 Å². The van der Waals surface area contributed by atoms with Crippen molar-refractivity contribution in [2.45, 2.75) is 118 Å². The summed E-state index contributed by atoms with van der Waals surface area (Å²) in [5.74, 6) is 0. The molecule has 2 nitrogen and oxygen atoms in total. The molecule has 2 aromatic carbocycles. The van der Waals surface area contributed by atoms with Crippen molar-refractivity contribution in [3.63, 3.8) is 0 Å². The number of benzene rings is 2. The van der Waals surface area contributed by atoms with Crippen LogP contribution in [-0.2, 0) is 23.6 Å². The summed E-state index contributed by atoms with van der Waals surface area (Å²) < 4.78 is 1.53. The molecule has 1 aliphatic heterocycles. The van der Waals surface area contributed by atoms with Crippen molar-refractivity contribution in [3.8, 4) is 0 Å². The minimum absolute atomic E-state index is 0.890. The summed E-state index contributed by atoms with van der Waals surface area (Å²) in [7, 11) is 0.890. The van der Waals surface area contributed by atoms with Gasteiger partial charge in [-0.1, -0.05) is 96.9 Å². The fourth-order valence-electron chi connectivity index (χ4n) is 5.33. The van der Waals surface area contributed by atoms with Crippen LogP contribution in [0.25, 0.3) is 16.9 Å². The minimum atomic E-state index is 0.890. The summed E-state index contributed by atoms with van der Waals surface area (Å²) in [5.41, 5.74) is 21.4. The molecule has 0 atom stereocenters. The first-order valence-electron chi connectivity index (χ1n) is 15.0. The van der Waals surface area contributed by atoms with Gasteiger partial charge in [0.15, 0.2) is 0 Å². The maximum atomic E-state index is 11.7. The Kier molecular flexibility index (Phi) is 18.3. The zero-order valence-corrected chi connectivity index (χ0v) is 30.4. The van der Waals surface area contributed by atoms with Gasteiger partial charge in [0.2, 0.25) is 11.4 Å². The number of hydrogen-bond donors (Lipinski definition) is 0. The third-order valence-electron chi connectivity index (χ3n) is 7.60. The van der Waals surface area contributed by atoms with Crippen molar-refractivity contribution >= 4 is 50.4 Å². The van der Waals surface area contributed by atoms with E-state index in [4.69, 9.17) is 0 Å². The quantitative estimate of drug-likeness (QED) is 0.0696. The van der Waals surface area contributed by atoms with Crippen molar-refractivity contribution in [2.75, 3.05) is 0 Å². The normalized spacial score (nSPS) is 13.3. The molecule has 218 valence electrons. The van der Waals surface area contributed by atoms with Crippen LogP contribution in [0.1, 0.15) is 127 Å². The summed E-state index contributed by atoms with van der Waals surface area (Å²) in [4.78, 5) is 0. The Labute approximate surface area is 268 Å². The fraction of sp³-hybridized carbons (Fsp3) is 0.529. The number of nitrogens with zero attached hydrogens (tertiary/aromatic N) is 2. The molecule has 0 saturated carbocycles. The molecule has 3 rings (SSSR count). The van der Waals surface area contributed by atoms with Crippen molar-refractivity contribution < 1.29 is 15.4 Å². The summed E-state index contributed by atoms with van der Waals surface area (Å²) >= 11 is 4.65. The van der Waals surface area contributed by atoms with Crippen LogP contribution >= 0.6 is 39.0 Å². The number of unbranched alkanes of at least 4 members (excludes halogenated alkanes) is 7. The van der Waals surface area contributed by atoms with Gasteiger partial charge in [0.25, 0.3) is 0 Å². The molecule has 0 radical (unpaired) electrons. The molecule has 39 heavy (non-hydrogen) atoms. The second kappa shape index (κ2) is 20.5. The molecule has 0 amide bonds. The molecular weight excluding hydrogens is 797 g/mol. The molecule has 0 N–H and O–H groups in total. The Hall–Kier alpha value is -0.358. The molecule has 0 bridgehead atoms. The molecule has 5 heteroatoms. The molecule has 0 fully saturated rings. The van der Waals surface area contributed by atoms with Crippen molar-refractivity contribution in [3.05, 3.63) is 87.5 Å². The third kappa shape index (κ3) is 11.1. The average Bonchev–Trinajstić information content (AvgIpc) is 3.23. The van der Waals surface area contributed by atoms with Crippen LogP contribution in [0.4, 0.5) is 0 Å². The van der Waals surface area contributed by atoms with Gasteiger partial charge in [0.1, 0.15) is 0 Å². The number of halogens is 2. The molecule has 0 unspecified atom stereocenters. The fourth-order valence-corrected chi connectivity index (χ4v) is 5.33. The zero-order chi connectivity index (χ0) is 28.5. The molecule has 2 aromatic rings. The molecular formula is C34H48I2N2Pd. The molecule has 0 spiro atoms. The number of allylic oxidation sites excluding steroid dienone is 2. The SMILES string of the molecule is CCCCCCCCC1=C(c2ccc(CC)cc2)[N+](=[N-])C(c2ccc(CCCC)cc2)=C1CCCC.[I][Pd][I]. The Balaban J connectivity index is 0.00000170. The first-order chi connectivity index (χ1) is 19.1. The Morgan fingerprint density at radius 3 is 1.46 bits per heavy atom. The van der Waals surface area contributed by atoms with Crippen LogP contribution in [0.5, 0.6) is 0 Å². The van der Waals surface area contributed by atoms with Gasteiger partial charge in [-0.2, -0.15) is 0 Å². The van der Waals surface area contributed by atoms with Crippen LogP contribution in [0.2, 0.25) is 0 Å². The van der Waals surface area contributed by atoms with Gasteiger partial charge in [-0.05, 0) is 80.3 Å². The summed E-state index contributed by atoms with van der Waals surface area (Å²) in [5, 5.41) is 0. The third-order valence-corrected chi connectivity index (χ3v) is 7.60. The number of hydrogen-bond acceptors (Lipinski definition) is 0. The van der Waals surface area contributed by atoms with Crippen LogP contribution in [0.15, 0.2) is 59.7 Å². The summed E-state index contributed by atoms with van der Waals surface area (Å²) in [6, 6.07) is 17.8. The standard InChI is InChI=1S/C34H48N2.2HI.Pd/c1-5-9-12-13-14-15-18-32-31(17-11-7-3)33(30-25-21-28(22-26-30)16-10-6-2)36(35)34(32)29-23-19-27(8-4)20-24-29;;;/h19-26H,5-18H2,1-4H3;2*1H;/q;;;+2/p-2. The molecule has 0 aliphatic carbocycles. The van der Waals surface area contributed by atoms with Crippen molar-refractivity contribution in [2.24, 2.45) is 0 Å². The van der Waals surface area contributed by atoms with Crippen LogP contribution in [-0.4, -0.2) is 4.70 Å². The van der Waals surface area contributed by atoms with E-state index in [1.54, 1.807) is 0 Å². The van der Waals surface area contributed by atoms with Crippen LogP contribution in [0.3, 0.4) is 0 Å². The first kappa shape index (κ1) is 34.8. The van der Waals surface area contributed by atoms with Crippen LogP contribution < -0.4 is 0 Å². The number of aryl methyl sites for hydroxylation is 2. The molecule has 1 heterocycles. The van der Waals surface area contributed by atoms with Crippen LogP contribution in [0, 0.1) is 0 Å². The summed E-state index contributed by atoms with van der Waals surface area (Å²) in [6.07, 6.45) is 16.6. The van der Waals surface area contributed by atoms with Gasteiger partial charge in [-0.25, -0.2) is 4.70 Å². The van der Waals surface area contributed by atoms with E-state index in [0.29, 0.717) is 0 Å². The van der Waals surface area contributed by atoms with Crippen molar-refractivity contribution in [1.82, 2.24) is 0 Å². The van der Waals surface area contributed by atoms with Crippen molar-refractivity contribution in [1.29, 1.82) is 0 Å². The predicted molar refractivity (Wildman–Crippen MR) is 184 cm³/mol. The van der Waals surface area contributed by atoms with E-state index in [9.17, 15) is 5.53 Å². The Morgan fingerprint density at radius 1 is 0.564 bits per heavy atom. The number of rotatable bonds is 16. The van der Waals surface area contributed by atoms with E-state index >= 15 is 0 Å². The van der Waals surface area contributed by atoms with E-state index in [1.165, 1.54) is 78.3 Å². The van der Waals surface area contributed by atoms with Gasteiger partial charge < -0.3 is 5.53 Å². The van der Waals surface area contributed by atoms with E-state index in [2.05, 4.69) is 115 Å². The topological polar surface area (TPSA) is 25.3 Å².